The Bertz CT molecular complexity index is 2970. The van der Waals surface area contributed by atoms with Gasteiger partial charge in [0.05, 0.1) is 0 Å². The molecule has 1 aliphatic rings. The van der Waals surface area contributed by atoms with Gasteiger partial charge >= 0.3 is 0 Å². The second kappa shape index (κ2) is 15.6. The Morgan fingerprint density at radius 3 is 1.39 bits per heavy atom. The lowest BCUT2D eigenvalue weighted by atomic mass is 9.32. The third kappa shape index (κ3) is 6.55. The van der Waals surface area contributed by atoms with E-state index in [-0.39, 0.29) is 6.71 Å². The zero-order chi connectivity index (χ0) is 44.2. The second-order valence-electron chi connectivity index (χ2n) is 21.0. The number of benzene rings is 8. The van der Waals surface area contributed by atoms with Crippen LogP contribution in [0, 0.1) is 20.8 Å². The van der Waals surface area contributed by atoms with E-state index in [1.54, 1.807) is 0 Å². The van der Waals surface area contributed by atoms with Crippen molar-refractivity contribution in [2.45, 2.75) is 139 Å². The van der Waals surface area contributed by atoms with E-state index in [4.69, 9.17) is 0 Å². The first-order valence-electron chi connectivity index (χ1n) is 23.8. The number of aryl methyl sites for hydroxylation is 3. The first kappa shape index (κ1) is 42.2. The quantitative estimate of drug-likeness (QED) is 0.101. The van der Waals surface area contributed by atoms with Gasteiger partial charge in [0.2, 0.25) is 6.71 Å². The molecule has 1 aliphatic heterocycles. The first-order valence-corrected chi connectivity index (χ1v) is 23.8. The molecule has 0 unspecified atom stereocenters. The van der Waals surface area contributed by atoms with Gasteiger partial charge in [-0.2, -0.15) is 0 Å². The van der Waals surface area contributed by atoms with E-state index in [2.05, 4.69) is 201 Å². The van der Waals surface area contributed by atoms with Crippen molar-refractivity contribution < 1.29 is 0 Å². The Morgan fingerprint density at radius 1 is 0.371 bits per heavy atom. The standard InChI is InChI=1S/C61H67B/c1-32(2)42-26-47(34(5)6)57(48(27-42)35(7)8)45-22-20-41-21-23-46-52(58-49(36(9)10)28-43(33(3)4)29-50(58)37(11)12)30-51-44-18-16-17-19-54(44)62(61-39(14)24-38(13)25-40(61)15)55-31-53(45)56(41)60(46)59(51)55/h16-37H,1-15H3. The first-order chi connectivity index (χ1) is 29.5. The van der Waals surface area contributed by atoms with Crippen molar-refractivity contribution in [1.29, 1.82) is 0 Å². The van der Waals surface area contributed by atoms with Crippen LogP contribution in [0.2, 0.25) is 0 Å². The molecule has 0 spiro atoms. The molecule has 0 amide bonds. The maximum absolute atomic E-state index is 2.67. The van der Waals surface area contributed by atoms with Gasteiger partial charge in [0.15, 0.2) is 0 Å². The van der Waals surface area contributed by atoms with Gasteiger partial charge < -0.3 is 0 Å². The van der Waals surface area contributed by atoms with Crippen LogP contribution < -0.4 is 16.4 Å². The van der Waals surface area contributed by atoms with E-state index in [1.165, 1.54) is 132 Å². The molecular weight excluding hydrogens is 743 g/mol. The summed E-state index contributed by atoms with van der Waals surface area (Å²) in [6.07, 6.45) is 0. The molecule has 0 bridgehead atoms. The van der Waals surface area contributed by atoms with Crippen molar-refractivity contribution in [1.82, 2.24) is 0 Å². The summed E-state index contributed by atoms with van der Waals surface area (Å²) in [5.41, 5.74) is 25.5. The van der Waals surface area contributed by atoms with Crippen molar-refractivity contribution in [2.24, 2.45) is 0 Å². The van der Waals surface area contributed by atoms with E-state index in [9.17, 15) is 0 Å². The van der Waals surface area contributed by atoms with Crippen LogP contribution in [0.15, 0.2) is 97.1 Å². The van der Waals surface area contributed by atoms with Gasteiger partial charge in [-0.05, 0) is 161 Å². The van der Waals surface area contributed by atoms with E-state index >= 15 is 0 Å². The van der Waals surface area contributed by atoms with Crippen LogP contribution in [0.1, 0.15) is 169 Å². The molecule has 0 fully saturated rings. The summed E-state index contributed by atoms with van der Waals surface area (Å²) in [5.74, 6) is 2.43. The van der Waals surface area contributed by atoms with Crippen LogP contribution in [0.3, 0.4) is 0 Å². The lowest BCUT2D eigenvalue weighted by Gasteiger charge is -2.33. The number of rotatable bonds is 9. The summed E-state index contributed by atoms with van der Waals surface area (Å²) in [6, 6.07) is 39.5. The molecule has 0 N–H and O–H groups in total. The fraction of sp³-hybridized carbons (Fsp3) is 0.344. The highest BCUT2D eigenvalue weighted by molar-refractivity contribution is 6.99. The van der Waals surface area contributed by atoms with Crippen LogP contribution in [-0.2, 0) is 0 Å². The zero-order valence-electron chi connectivity index (χ0n) is 40.3. The predicted molar refractivity (Wildman–Crippen MR) is 276 cm³/mol. The SMILES string of the molecule is Cc1cc(C)c(B2c3ccccc3-c3cc(-c4c(C(C)C)cc(C(C)C)cc4C(C)C)c4ccc5ccc(-c6c(C(C)C)cc(C(C)C)cc6C(C)C)c6cc2c3c4c56)c(C)c1. The Morgan fingerprint density at radius 2 is 0.871 bits per heavy atom. The minimum absolute atomic E-state index is 0.102. The van der Waals surface area contributed by atoms with Gasteiger partial charge in [-0.25, -0.2) is 0 Å². The van der Waals surface area contributed by atoms with Crippen LogP contribution in [0.5, 0.6) is 0 Å². The molecule has 314 valence electrons. The van der Waals surface area contributed by atoms with Gasteiger partial charge in [0.1, 0.15) is 0 Å². The van der Waals surface area contributed by atoms with Gasteiger partial charge in [0.25, 0.3) is 0 Å². The molecular formula is C61H67B. The Balaban J connectivity index is 1.54. The number of hydrogen-bond acceptors (Lipinski definition) is 0. The highest BCUT2D eigenvalue weighted by atomic mass is 14.3. The fourth-order valence-electron chi connectivity index (χ4n) is 11.6. The van der Waals surface area contributed by atoms with E-state index in [0.717, 1.165) is 0 Å². The third-order valence-corrected chi connectivity index (χ3v) is 14.6. The molecule has 0 nitrogen and oxygen atoms in total. The van der Waals surface area contributed by atoms with Crippen molar-refractivity contribution in [3.63, 3.8) is 0 Å². The summed E-state index contributed by atoms with van der Waals surface area (Å²) >= 11 is 0. The molecule has 8 aromatic rings. The van der Waals surface area contributed by atoms with Gasteiger partial charge in [-0.1, -0.05) is 207 Å². The minimum atomic E-state index is 0.102. The lowest BCUT2D eigenvalue weighted by Crippen LogP contribution is -2.56. The maximum Gasteiger partial charge on any atom is 0.243 e. The largest absolute Gasteiger partial charge is 0.243 e. The topological polar surface area (TPSA) is 0 Å². The van der Waals surface area contributed by atoms with Crippen LogP contribution in [-0.4, -0.2) is 6.71 Å². The van der Waals surface area contributed by atoms with Crippen LogP contribution in [0.25, 0.3) is 65.7 Å². The van der Waals surface area contributed by atoms with Crippen molar-refractivity contribution in [3.05, 3.63) is 147 Å². The molecule has 1 heteroatoms. The normalized spacial score (nSPS) is 13.0. The summed E-state index contributed by atoms with van der Waals surface area (Å²) < 4.78 is 0. The smallest absolute Gasteiger partial charge is 0.0664 e. The zero-order valence-corrected chi connectivity index (χ0v) is 40.3. The summed E-state index contributed by atoms with van der Waals surface area (Å²) in [7, 11) is 0. The van der Waals surface area contributed by atoms with Gasteiger partial charge in [-0.15, -0.1) is 0 Å². The van der Waals surface area contributed by atoms with Crippen LogP contribution in [0.4, 0.5) is 0 Å². The fourth-order valence-corrected chi connectivity index (χ4v) is 11.6. The maximum atomic E-state index is 2.67. The molecule has 0 saturated carbocycles. The molecule has 0 saturated heterocycles. The van der Waals surface area contributed by atoms with E-state index in [1.807, 2.05) is 0 Å². The van der Waals surface area contributed by atoms with Crippen molar-refractivity contribution in [3.8, 4) is 33.4 Å². The summed E-state index contributed by atoms with van der Waals surface area (Å²) in [4.78, 5) is 0. The molecule has 0 radical (unpaired) electrons. The van der Waals surface area contributed by atoms with E-state index < -0.39 is 0 Å². The molecule has 9 rings (SSSR count). The highest BCUT2D eigenvalue weighted by Gasteiger charge is 2.37. The minimum Gasteiger partial charge on any atom is -0.0664 e. The van der Waals surface area contributed by atoms with Crippen LogP contribution >= 0.6 is 0 Å². The Hall–Kier alpha value is -5.14. The average molecular weight is 811 g/mol. The Labute approximate surface area is 373 Å². The Kier molecular flexibility index (Phi) is 10.6. The molecule has 1 heterocycles. The average Bonchev–Trinajstić information content (AvgIpc) is 3.22. The highest BCUT2D eigenvalue weighted by Crippen LogP contribution is 2.50. The van der Waals surface area contributed by atoms with Gasteiger partial charge in [0, 0.05) is 0 Å². The predicted octanol–water partition coefficient (Wildman–Crippen LogP) is 16.1. The van der Waals surface area contributed by atoms with Gasteiger partial charge in [-0.3, -0.25) is 0 Å². The van der Waals surface area contributed by atoms with Crippen molar-refractivity contribution >= 4 is 55.4 Å². The second-order valence-corrected chi connectivity index (χ2v) is 21.0. The lowest BCUT2D eigenvalue weighted by molar-refractivity contribution is 0.807. The molecule has 8 aromatic carbocycles. The monoisotopic (exact) mass is 811 g/mol. The van der Waals surface area contributed by atoms with Crippen molar-refractivity contribution in [2.75, 3.05) is 0 Å². The number of fused-ring (bicyclic) bond motifs is 2. The molecule has 0 aliphatic carbocycles. The van der Waals surface area contributed by atoms with E-state index in [0.29, 0.717) is 35.5 Å². The third-order valence-electron chi connectivity index (χ3n) is 14.6. The molecule has 0 atom stereocenters. The number of hydrogen-bond donors (Lipinski definition) is 0. The molecule has 62 heavy (non-hydrogen) atoms. The summed E-state index contributed by atoms with van der Waals surface area (Å²) in [6.45, 7) is 35.6. The molecule has 0 aromatic heterocycles. The summed E-state index contributed by atoms with van der Waals surface area (Å²) in [5, 5.41) is 8.35.